The first-order chi connectivity index (χ1) is 12.5. The number of halogens is 1. The van der Waals surface area contributed by atoms with E-state index in [2.05, 4.69) is 10.6 Å². The van der Waals surface area contributed by atoms with E-state index in [-0.39, 0.29) is 24.9 Å². The Morgan fingerprint density at radius 1 is 0.923 bits per heavy atom. The number of anilines is 2. The van der Waals surface area contributed by atoms with Crippen LogP contribution in [0.1, 0.15) is 18.9 Å². The molecule has 0 aliphatic carbocycles. The number of nitrogens with one attached hydrogen (secondary N) is 3. The largest absolute Gasteiger partial charge is 0.321 e. The van der Waals surface area contributed by atoms with E-state index in [0.29, 0.717) is 10.7 Å². The smallest absolute Gasteiger partial charge is 0.279 e. The van der Waals surface area contributed by atoms with Gasteiger partial charge in [0.2, 0.25) is 0 Å². The zero-order chi connectivity index (χ0) is 18.9. The van der Waals surface area contributed by atoms with E-state index in [9.17, 15) is 9.59 Å². The second-order valence-corrected chi connectivity index (χ2v) is 6.65. The van der Waals surface area contributed by atoms with Gasteiger partial charge in [0.1, 0.15) is 0 Å². The molecule has 0 bridgehead atoms. The van der Waals surface area contributed by atoms with Gasteiger partial charge in [-0.15, -0.1) is 0 Å². The SMILES string of the molecule is CCC[NH+](CC(=O)Nc1ccccc1C)CC(=O)Nc1ccccc1Cl. The van der Waals surface area contributed by atoms with E-state index in [1.807, 2.05) is 50.2 Å². The van der Waals surface area contributed by atoms with Crippen molar-refractivity contribution in [3.63, 3.8) is 0 Å². The van der Waals surface area contributed by atoms with Crippen LogP contribution < -0.4 is 15.5 Å². The Balaban J connectivity index is 1.93. The number of aryl methyl sites for hydroxylation is 1. The second kappa shape index (κ2) is 9.94. The standard InChI is InChI=1S/C20H24ClN3O2/c1-3-12-24(13-19(25)22-17-10-6-4-8-15(17)2)14-20(26)23-18-11-7-5-9-16(18)21/h4-11H,3,12-14H2,1-2H3,(H,22,25)(H,23,26)/p+1. The zero-order valence-electron chi connectivity index (χ0n) is 15.1. The zero-order valence-corrected chi connectivity index (χ0v) is 15.9. The number of amides is 2. The van der Waals surface area contributed by atoms with E-state index < -0.39 is 0 Å². The number of carbonyl (C=O) groups is 2. The number of hydrogen-bond acceptors (Lipinski definition) is 2. The molecular weight excluding hydrogens is 350 g/mol. The normalized spacial score (nSPS) is 11.7. The van der Waals surface area contributed by atoms with E-state index in [1.54, 1.807) is 12.1 Å². The minimum atomic E-state index is -0.162. The average molecular weight is 375 g/mol. The molecule has 5 nitrogen and oxygen atoms in total. The first kappa shape index (κ1) is 19.9. The minimum absolute atomic E-state index is 0.103. The molecule has 0 aromatic heterocycles. The molecule has 2 aromatic rings. The fourth-order valence-corrected chi connectivity index (χ4v) is 2.89. The molecule has 0 spiro atoms. The predicted molar refractivity (Wildman–Crippen MR) is 106 cm³/mol. The van der Waals surface area contributed by atoms with Gasteiger partial charge in [-0.3, -0.25) is 9.59 Å². The Bertz CT molecular complexity index is 703. The highest BCUT2D eigenvalue weighted by Crippen LogP contribution is 2.19. The van der Waals surface area contributed by atoms with Crippen molar-refractivity contribution in [1.82, 2.24) is 0 Å². The van der Waals surface area contributed by atoms with E-state index in [0.717, 1.165) is 29.1 Å². The second-order valence-electron chi connectivity index (χ2n) is 6.24. The maximum Gasteiger partial charge on any atom is 0.279 e. The Hall–Kier alpha value is -2.37. The van der Waals surface area contributed by atoms with Crippen LogP contribution in [0.5, 0.6) is 0 Å². The van der Waals surface area contributed by atoms with Gasteiger partial charge >= 0.3 is 0 Å². The molecule has 0 saturated heterocycles. The van der Waals surface area contributed by atoms with Crippen molar-refractivity contribution in [2.45, 2.75) is 20.3 Å². The predicted octanol–water partition coefficient (Wildman–Crippen LogP) is 2.52. The molecule has 1 atom stereocenters. The van der Waals surface area contributed by atoms with Crippen molar-refractivity contribution in [3.05, 3.63) is 59.1 Å². The maximum absolute atomic E-state index is 12.4. The monoisotopic (exact) mass is 374 g/mol. The molecule has 0 fully saturated rings. The van der Waals surface area contributed by atoms with Crippen LogP contribution in [-0.2, 0) is 9.59 Å². The Kier molecular flexibility index (Phi) is 7.63. The summed E-state index contributed by atoms with van der Waals surface area (Å²) < 4.78 is 0. The Morgan fingerprint density at radius 3 is 2.04 bits per heavy atom. The molecule has 6 heteroatoms. The van der Waals surface area contributed by atoms with E-state index >= 15 is 0 Å². The Morgan fingerprint density at radius 2 is 1.46 bits per heavy atom. The van der Waals surface area contributed by atoms with Crippen molar-refractivity contribution >= 4 is 34.8 Å². The van der Waals surface area contributed by atoms with Crippen molar-refractivity contribution in [1.29, 1.82) is 0 Å². The lowest BCUT2D eigenvalue weighted by atomic mass is 10.2. The van der Waals surface area contributed by atoms with Crippen LogP contribution in [0.3, 0.4) is 0 Å². The quantitative estimate of drug-likeness (QED) is 0.664. The first-order valence-corrected chi connectivity index (χ1v) is 9.10. The van der Waals surface area contributed by atoms with Gasteiger partial charge in [-0.2, -0.15) is 0 Å². The van der Waals surface area contributed by atoms with Crippen LogP contribution in [-0.4, -0.2) is 31.4 Å². The van der Waals surface area contributed by atoms with Crippen molar-refractivity contribution in [2.75, 3.05) is 30.3 Å². The lowest BCUT2D eigenvalue weighted by molar-refractivity contribution is -0.883. The van der Waals surface area contributed by atoms with Gasteiger partial charge in [0.15, 0.2) is 13.1 Å². The van der Waals surface area contributed by atoms with Crippen LogP contribution in [0.25, 0.3) is 0 Å². The maximum atomic E-state index is 12.4. The molecule has 1 unspecified atom stereocenters. The molecule has 3 N–H and O–H groups in total. The number of benzene rings is 2. The summed E-state index contributed by atoms with van der Waals surface area (Å²) in [6.45, 7) is 5.16. The number of quaternary nitrogens is 1. The third kappa shape index (κ3) is 6.17. The summed E-state index contributed by atoms with van der Waals surface area (Å²) >= 11 is 6.07. The molecule has 2 rings (SSSR count). The third-order valence-corrected chi connectivity index (χ3v) is 4.32. The highest BCUT2D eigenvalue weighted by molar-refractivity contribution is 6.33. The van der Waals surface area contributed by atoms with Gasteiger partial charge in [-0.1, -0.05) is 48.9 Å². The summed E-state index contributed by atoms with van der Waals surface area (Å²) in [4.78, 5) is 25.6. The van der Waals surface area contributed by atoms with Gasteiger partial charge in [-0.25, -0.2) is 0 Å². The van der Waals surface area contributed by atoms with Crippen LogP contribution in [0, 0.1) is 6.92 Å². The van der Waals surface area contributed by atoms with E-state index in [4.69, 9.17) is 11.6 Å². The topological polar surface area (TPSA) is 62.6 Å². The van der Waals surface area contributed by atoms with Gasteiger partial charge in [0.05, 0.1) is 17.3 Å². The Labute approximate surface area is 159 Å². The summed E-state index contributed by atoms with van der Waals surface area (Å²) in [5, 5.41) is 6.22. The number of rotatable bonds is 8. The van der Waals surface area contributed by atoms with Crippen molar-refractivity contribution < 1.29 is 14.5 Å². The van der Waals surface area contributed by atoms with E-state index in [1.165, 1.54) is 0 Å². The molecule has 26 heavy (non-hydrogen) atoms. The number of hydrogen-bond donors (Lipinski definition) is 3. The molecule has 0 saturated carbocycles. The minimum Gasteiger partial charge on any atom is -0.321 e. The first-order valence-electron chi connectivity index (χ1n) is 8.73. The molecule has 2 aromatic carbocycles. The summed E-state index contributed by atoms with van der Waals surface area (Å²) in [5.74, 6) is -0.265. The highest BCUT2D eigenvalue weighted by Gasteiger charge is 2.18. The summed E-state index contributed by atoms with van der Waals surface area (Å²) in [5.41, 5.74) is 2.39. The summed E-state index contributed by atoms with van der Waals surface area (Å²) in [7, 11) is 0. The van der Waals surface area contributed by atoms with Gasteiger partial charge < -0.3 is 15.5 Å². The van der Waals surface area contributed by atoms with Gasteiger partial charge in [0.25, 0.3) is 11.8 Å². The molecule has 0 aliphatic rings. The summed E-state index contributed by atoms with van der Waals surface area (Å²) in [6.07, 6.45) is 0.881. The molecule has 0 radical (unpaired) electrons. The van der Waals surface area contributed by atoms with Crippen molar-refractivity contribution in [2.24, 2.45) is 0 Å². The van der Waals surface area contributed by atoms with Crippen LogP contribution in [0.4, 0.5) is 11.4 Å². The van der Waals surface area contributed by atoms with Crippen LogP contribution in [0.15, 0.2) is 48.5 Å². The highest BCUT2D eigenvalue weighted by atomic mass is 35.5. The lowest BCUT2D eigenvalue weighted by Crippen LogP contribution is -3.14. The molecule has 2 amide bonds. The van der Waals surface area contributed by atoms with Gasteiger partial charge in [-0.05, 0) is 37.1 Å². The number of carbonyl (C=O) groups excluding carboxylic acids is 2. The molecule has 0 heterocycles. The lowest BCUT2D eigenvalue weighted by Gasteiger charge is -2.18. The van der Waals surface area contributed by atoms with Crippen molar-refractivity contribution in [3.8, 4) is 0 Å². The summed E-state index contributed by atoms with van der Waals surface area (Å²) in [6, 6.07) is 14.7. The molecule has 0 aliphatic heterocycles. The third-order valence-electron chi connectivity index (χ3n) is 3.99. The molecular formula is C20H25ClN3O2+. The average Bonchev–Trinajstić information content (AvgIpc) is 2.59. The van der Waals surface area contributed by atoms with Gasteiger partial charge in [0, 0.05) is 5.69 Å². The van der Waals surface area contributed by atoms with Crippen LogP contribution in [0.2, 0.25) is 5.02 Å². The fourth-order valence-electron chi connectivity index (χ4n) is 2.71. The number of para-hydroxylation sites is 2. The molecule has 138 valence electrons. The fraction of sp³-hybridized carbons (Fsp3) is 0.300. The van der Waals surface area contributed by atoms with Crippen LogP contribution >= 0.6 is 11.6 Å².